The number of aromatic nitrogens is 1. The highest BCUT2D eigenvalue weighted by Crippen LogP contribution is 2.22. The zero-order valence-corrected chi connectivity index (χ0v) is 13.4. The van der Waals surface area contributed by atoms with Crippen LogP contribution in [0, 0.1) is 13.8 Å². The molecule has 0 radical (unpaired) electrons. The summed E-state index contributed by atoms with van der Waals surface area (Å²) >= 11 is 1.70. The Labute approximate surface area is 124 Å². The van der Waals surface area contributed by atoms with Gasteiger partial charge < -0.3 is 9.64 Å². The van der Waals surface area contributed by atoms with E-state index in [0.29, 0.717) is 26.3 Å². The van der Waals surface area contributed by atoms with Crippen LogP contribution in [0.25, 0.3) is 0 Å². The molecule has 1 amide bonds. The number of thiazole rings is 1. The summed E-state index contributed by atoms with van der Waals surface area (Å²) in [7, 11) is 0. The van der Waals surface area contributed by atoms with Gasteiger partial charge in [0.25, 0.3) is 0 Å². The van der Waals surface area contributed by atoms with Crippen LogP contribution in [0.5, 0.6) is 0 Å². The maximum atomic E-state index is 12.3. The number of carbonyl (C=O) groups excluding carboxylic acids is 1. The molecule has 1 N–H and O–H groups in total. The fourth-order valence-electron chi connectivity index (χ4n) is 2.53. The average molecular weight is 297 g/mol. The van der Waals surface area contributed by atoms with Gasteiger partial charge in [-0.2, -0.15) is 0 Å². The third-order valence-corrected chi connectivity index (χ3v) is 4.44. The molecular weight excluding hydrogens is 274 g/mol. The molecule has 1 saturated heterocycles. The molecule has 1 aliphatic heterocycles. The zero-order valence-electron chi connectivity index (χ0n) is 12.6. The standard InChI is InChI=1S/C14H23N3O2S/c1-9(13-11(3)20-12(4)16-13)15-10(2)14(18)17-5-7-19-8-6-17/h9-10,15H,5-8H2,1-4H3. The van der Waals surface area contributed by atoms with E-state index < -0.39 is 0 Å². The van der Waals surface area contributed by atoms with Gasteiger partial charge in [0.05, 0.1) is 30.0 Å². The summed E-state index contributed by atoms with van der Waals surface area (Å²) in [4.78, 5) is 20.0. The summed E-state index contributed by atoms with van der Waals surface area (Å²) < 4.78 is 5.28. The van der Waals surface area contributed by atoms with E-state index in [-0.39, 0.29) is 18.0 Å². The Kier molecular flexibility index (Phi) is 5.12. The number of hydrogen-bond donors (Lipinski definition) is 1. The summed E-state index contributed by atoms with van der Waals surface area (Å²) in [6, 6.07) is -0.121. The normalized spacial score (nSPS) is 18.9. The minimum atomic E-state index is -0.204. The number of amides is 1. The van der Waals surface area contributed by atoms with Gasteiger partial charge in [-0.05, 0) is 27.7 Å². The van der Waals surface area contributed by atoms with E-state index >= 15 is 0 Å². The first-order valence-corrected chi connectivity index (χ1v) is 7.87. The highest BCUT2D eigenvalue weighted by molar-refractivity contribution is 7.11. The van der Waals surface area contributed by atoms with Crippen molar-refractivity contribution < 1.29 is 9.53 Å². The molecule has 20 heavy (non-hydrogen) atoms. The summed E-state index contributed by atoms with van der Waals surface area (Å²) in [6.07, 6.45) is 0. The fourth-order valence-corrected chi connectivity index (χ4v) is 3.44. The molecule has 1 aromatic heterocycles. The second-order valence-electron chi connectivity index (χ2n) is 5.22. The number of nitrogens with zero attached hydrogens (tertiary/aromatic N) is 2. The number of aryl methyl sites for hydroxylation is 2. The van der Waals surface area contributed by atoms with Crippen molar-refractivity contribution in [3.63, 3.8) is 0 Å². The number of rotatable bonds is 4. The van der Waals surface area contributed by atoms with Gasteiger partial charge in [0, 0.05) is 24.0 Å². The molecule has 2 heterocycles. The third kappa shape index (κ3) is 3.56. The van der Waals surface area contributed by atoms with Gasteiger partial charge >= 0.3 is 0 Å². The predicted molar refractivity (Wildman–Crippen MR) is 80.0 cm³/mol. The Hall–Kier alpha value is -0.980. The minimum absolute atomic E-state index is 0.0833. The van der Waals surface area contributed by atoms with Crippen molar-refractivity contribution in [3.8, 4) is 0 Å². The van der Waals surface area contributed by atoms with Crippen molar-refractivity contribution in [1.82, 2.24) is 15.2 Å². The van der Waals surface area contributed by atoms with Gasteiger partial charge in [-0.3, -0.25) is 10.1 Å². The van der Waals surface area contributed by atoms with Gasteiger partial charge in [-0.25, -0.2) is 4.98 Å². The first kappa shape index (κ1) is 15.4. The van der Waals surface area contributed by atoms with Crippen LogP contribution in [-0.4, -0.2) is 48.1 Å². The van der Waals surface area contributed by atoms with Gasteiger partial charge in [0.15, 0.2) is 0 Å². The van der Waals surface area contributed by atoms with Crippen molar-refractivity contribution in [1.29, 1.82) is 0 Å². The molecule has 6 heteroatoms. The lowest BCUT2D eigenvalue weighted by molar-refractivity contribution is -0.137. The molecule has 0 saturated carbocycles. The number of hydrogen-bond acceptors (Lipinski definition) is 5. The SMILES string of the molecule is Cc1nc(C(C)NC(C)C(=O)N2CCOCC2)c(C)s1. The molecule has 1 fully saturated rings. The summed E-state index contributed by atoms with van der Waals surface area (Å²) in [5, 5.41) is 4.43. The molecule has 2 unspecified atom stereocenters. The predicted octanol–water partition coefficient (Wildman–Crippen LogP) is 1.66. The summed E-state index contributed by atoms with van der Waals surface area (Å²) in [6.45, 7) is 10.7. The molecular formula is C14H23N3O2S. The first-order valence-electron chi connectivity index (χ1n) is 7.05. The number of nitrogens with one attached hydrogen (secondary N) is 1. The van der Waals surface area contributed by atoms with Crippen LogP contribution in [0.1, 0.15) is 35.5 Å². The molecule has 2 rings (SSSR count). The number of morpholine rings is 1. The van der Waals surface area contributed by atoms with Crippen LogP contribution in [0.15, 0.2) is 0 Å². The van der Waals surface area contributed by atoms with Crippen LogP contribution in [0.3, 0.4) is 0 Å². The maximum absolute atomic E-state index is 12.3. The lowest BCUT2D eigenvalue weighted by Crippen LogP contribution is -2.49. The van der Waals surface area contributed by atoms with Crippen LogP contribution in [0.2, 0.25) is 0 Å². The Bertz CT molecular complexity index is 469. The first-order chi connectivity index (χ1) is 9.49. The third-order valence-electron chi connectivity index (χ3n) is 3.54. The van der Waals surface area contributed by atoms with E-state index in [1.807, 2.05) is 18.7 Å². The van der Waals surface area contributed by atoms with Crippen LogP contribution in [-0.2, 0) is 9.53 Å². The Balaban J connectivity index is 1.94. The van der Waals surface area contributed by atoms with Crippen LogP contribution >= 0.6 is 11.3 Å². The number of ether oxygens (including phenoxy) is 1. The summed E-state index contributed by atoms with van der Waals surface area (Å²) in [5.41, 5.74) is 1.05. The van der Waals surface area contributed by atoms with Gasteiger partial charge in [0.2, 0.25) is 5.91 Å². The van der Waals surface area contributed by atoms with E-state index in [0.717, 1.165) is 10.7 Å². The Morgan fingerprint density at radius 1 is 1.35 bits per heavy atom. The Morgan fingerprint density at radius 2 is 2.00 bits per heavy atom. The highest BCUT2D eigenvalue weighted by Gasteiger charge is 2.24. The second kappa shape index (κ2) is 6.65. The fraction of sp³-hybridized carbons (Fsp3) is 0.714. The van der Waals surface area contributed by atoms with Crippen molar-refractivity contribution in [2.75, 3.05) is 26.3 Å². The molecule has 1 aliphatic rings. The van der Waals surface area contributed by atoms with Crippen LogP contribution < -0.4 is 5.32 Å². The molecule has 0 aliphatic carbocycles. The van der Waals surface area contributed by atoms with E-state index in [1.54, 1.807) is 11.3 Å². The smallest absolute Gasteiger partial charge is 0.239 e. The quantitative estimate of drug-likeness (QED) is 0.918. The molecule has 0 bridgehead atoms. The highest BCUT2D eigenvalue weighted by atomic mass is 32.1. The van der Waals surface area contributed by atoms with Gasteiger partial charge in [0.1, 0.15) is 0 Å². The summed E-state index contributed by atoms with van der Waals surface area (Å²) in [5.74, 6) is 0.143. The van der Waals surface area contributed by atoms with E-state index in [4.69, 9.17) is 4.74 Å². The van der Waals surface area contributed by atoms with Crippen molar-refractivity contribution in [2.24, 2.45) is 0 Å². The van der Waals surface area contributed by atoms with Crippen molar-refractivity contribution in [3.05, 3.63) is 15.6 Å². The number of carbonyl (C=O) groups is 1. The molecule has 5 nitrogen and oxygen atoms in total. The van der Waals surface area contributed by atoms with E-state index in [1.165, 1.54) is 4.88 Å². The van der Waals surface area contributed by atoms with Gasteiger partial charge in [-0.15, -0.1) is 11.3 Å². The largest absolute Gasteiger partial charge is 0.378 e. The molecule has 1 aromatic rings. The van der Waals surface area contributed by atoms with Crippen molar-refractivity contribution >= 4 is 17.2 Å². The van der Waals surface area contributed by atoms with Crippen molar-refractivity contribution in [2.45, 2.75) is 39.8 Å². The molecule has 2 atom stereocenters. The molecule has 0 aromatic carbocycles. The Morgan fingerprint density at radius 3 is 2.55 bits per heavy atom. The monoisotopic (exact) mass is 297 g/mol. The zero-order chi connectivity index (χ0) is 14.7. The minimum Gasteiger partial charge on any atom is -0.378 e. The maximum Gasteiger partial charge on any atom is 0.239 e. The topological polar surface area (TPSA) is 54.5 Å². The van der Waals surface area contributed by atoms with Crippen LogP contribution in [0.4, 0.5) is 0 Å². The lowest BCUT2D eigenvalue weighted by Gasteiger charge is -2.30. The molecule has 112 valence electrons. The lowest BCUT2D eigenvalue weighted by atomic mass is 10.1. The van der Waals surface area contributed by atoms with E-state index in [2.05, 4.69) is 24.1 Å². The van der Waals surface area contributed by atoms with Gasteiger partial charge in [-0.1, -0.05) is 0 Å². The molecule has 0 spiro atoms. The average Bonchev–Trinajstić information content (AvgIpc) is 2.78. The second-order valence-corrected chi connectivity index (χ2v) is 6.63. The van der Waals surface area contributed by atoms with E-state index in [9.17, 15) is 4.79 Å².